The van der Waals surface area contributed by atoms with Gasteiger partial charge in [-0.15, -0.1) is 0 Å². The molecule has 0 saturated heterocycles. The van der Waals surface area contributed by atoms with Crippen LogP contribution in [0, 0.1) is 0 Å². The van der Waals surface area contributed by atoms with Crippen molar-refractivity contribution < 1.29 is 4.79 Å². The summed E-state index contributed by atoms with van der Waals surface area (Å²) in [6, 6.07) is 10.0. The second-order valence-electron chi connectivity index (χ2n) is 4.74. The van der Waals surface area contributed by atoms with Crippen molar-refractivity contribution in [2.45, 2.75) is 32.6 Å². The Hall–Kier alpha value is -1.57. The monoisotopic (exact) mass is 245 g/mol. The molecule has 1 rings (SSSR count). The Labute approximate surface area is 110 Å². The van der Waals surface area contributed by atoms with E-state index >= 15 is 0 Å². The normalized spacial score (nSPS) is 11.4. The summed E-state index contributed by atoms with van der Waals surface area (Å²) in [4.78, 5) is 13.8. The van der Waals surface area contributed by atoms with Crippen molar-refractivity contribution >= 4 is 12.0 Å². The van der Waals surface area contributed by atoms with Gasteiger partial charge >= 0.3 is 0 Å². The first kappa shape index (κ1) is 14.5. The maximum atomic E-state index is 12.1. The van der Waals surface area contributed by atoms with E-state index in [2.05, 4.69) is 6.92 Å². The van der Waals surface area contributed by atoms with Crippen molar-refractivity contribution in [2.75, 3.05) is 14.1 Å². The van der Waals surface area contributed by atoms with Crippen molar-refractivity contribution in [2.24, 2.45) is 0 Å². The van der Waals surface area contributed by atoms with E-state index in [1.165, 1.54) is 12.8 Å². The molecule has 2 nitrogen and oxygen atoms in total. The van der Waals surface area contributed by atoms with Crippen LogP contribution < -0.4 is 0 Å². The standard InChI is InChI=1S/C16H23NO/c1-4-5-7-12-15(16(18)17(2)3)13-14-10-8-6-9-11-14/h6,8-11,13H,4-5,7,12H2,1-3H3/b15-13-. The predicted molar refractivity (Wildman–Crippen MR) is 77.3 cm³/mol. The minimum absolute atomic E-state index is 0.120. The number of hydrogen-bond donors (Lipinski definition) is 0. The first-order valence-corrected chi connectivity index (χ1v) is 6.62. The van der Waals surface area contributed by atoms with Crippen LogP contribution in [-0.4, -0.2) is 24.9 Å². The molecule has 0 radical (unpaired) electrons. The van der Waals surface area contributed by atoms with Gasteiger partial charge < -0.3 is 4.90 Å². The summed E-state index contributed by atoms with van der Waals surface area (Å²) in [7, 11) is 3.61. The fraction of sp³-hybridized carbons (Fsp3) is 0.438. The van der Waals surface area contributed by atoms with Crippen molar-refractivity contribution in [1.82, 2.24) is 4.90 Å². The minimum atomic E-state index is 0.120. The molecule has 0 spiro atoms. The number of amides is 1. The topological polar surface area (TPSA) is 20.3 Å². The molecule has 2 heteroatoms. The zero-order chi connectivity index (χ0) is 13.4. The Kier molecular flexibility index (Phi) is 6.20. The SMILES string of the molecule is CCCCC/C(=C/c1ccccc1)C(=O)N(C)C. The largest absolute Gasteiger partial charge is 0.345 e. The van der Waals surface area contributed by atoms with Gasteiger partial charge in [0.25, 0.3) is 0 Å². The molecular formula is C16H23NO. The van der Waals surface area contributed by atoms with E-state index in [1.807, 2.05) is 36.4 Å². The Balaban J connectivity index is 2.83. The van der Waals surface area contributed by atoms with Gasteiger partial charge in [0, 0.05) is 19.7 Å². The van der Waals surface area contributed by atoms with Crippen molar-refractivity contribution in [1.29, 1.82) is 0 Å². The van der Waals surface area contributed by atoms with E-state index in [9.17, 15) is 4.79 Å². The number of carbonyl (C=O) groups excluding carboxylic acids is 1. The summed E-state index contributed by atoms with van der Waals surface area (Å²) in [5.41, 5.74) is 2.00. The highest BCUT2D eigenvalue weighted by Crippen LogP contribution is 2.15. The lowest BCUT2D eigenvalue weighted by atomic mass is 10.0. The smallest absolute Gasteiger partial charge is 0.249 e. The van der Waals surface area contributed by atoms with E-state index in [-0.39, 0.29) is 5.91 Å². The zero-order valence-corrected chi connectivity index (χ0v) is 11.6. The van der Waals surface area contributed by atoms with E-state index in [4.69, 9.17) is 0 Å². The van der Waals surface area contributed by atoms with E-state index in [1.54, 1.807) is 19.0 Å². The highest BCUT2D eigenvalue weighted by atomic mass is 16.2. The quantitative estimate of drug-likeness (QED) is 0.552. The molecule has 1 amide bonds. The average Bonchev–Trinajstić information content (AvgIpc) is 2.38. The highest BCUT2D eigenvalue weighted by molar-refractivity contribution is 5.97. The number of nitrogens with zero attached hydrogens (tertiary/aromatic N) is 1. The van der Waals surface area contributed by atoms with Crippen LogP contribution in [0.3, 0.4) is 0 Å². The number of unbranched alkanes of at least 4 members (excludes halogenated alkanes) is 2. The fourth-order valence-electron chi connectivity index (χ4n) is 1.84. The van der Waals surface area contributed by atoms with Crippen LogP contribution in [0.15, 0.2) is 35.9 Å². The summed E-state index contributed by atoms with van der Waals surface area (Å²) < 4.78 is 0. The van der Waals surface area contributed by atoms with Gasteiger partial charge in [-0.3, -0.25) is 4.79 Å². The van der Waals surface area contributed by atoms with Crippen LogP contribution in [0.1, 0.15) is 38.2 Å². The molecule has 0 fully saturated rings. The third-order valence-corrected chi connectivity index (χ3v) is 2.87. The number of rotatable bonds is 6. The van der Waals surface area contributed by atoms with Crippen molar-refractivity contribution in [3.05, 3.63) is 41.5 Å². The third kappa shape index (κ3) is 4.74. The Bertz CT molecular complexity index is 393. The Morgan fingerprint density at radius 2 is 1.83 bits per heavy atom. The molecule has 0 unspecified atom stereocenters. The van der Waals surface area contributed by atoms with Gasteiger partial charge in [0.15, 0.2) is 0 Å². The highest BCUT2D eigenvalue weighted by Gasteiger charge is 2.11. The minimum Gasteiger partial charge on any atom is -0.345 e. The van der Waals surface area contributed by atoms with Crippen LogP contribution in [0.2, 0.25) is 0 Å². The van der Waals surface area contributed by atoms with Gasteiger partial charge in [0.1, 0.15) is 0 Å². The molecule has 0 N–H and O–H groups in total. The van der Waals surface area contributed by atoms with Gasteiger partial charge in [-0.05, 0) is 24.5 Å². The molecule has 0 aliphatic heterocycles. The number of hydrogen-bond acceptors (Lipinski definition) is 1. The fourth-order valence-corrected chi connectivity index (χ4v) is 1.84. The molecule has 0 aliphatic rings. The van der Waals surface area contributed by atoms with Gasteiger partial charge in [-0.2, -0.15) is 0 Å². The van der Waals surface area contributed by atoms with Crippen LogP contribution in [0.25, 0.3) is 6.08 Å². The third-order valence-electron chi connectivity index (χ3n) is 2.87. The van der Waals surface area contributed by atoms with E-state index in [0.29, 0.717) is 0 Å². The second-order valence-corrected chi connectivity index (χ2v) is 4.74. The van der Waals surface area contributed by atoms with Crippen LogP contribution in [0.4, 0.5) is 0 Å². The van der Waals surface area contributed by atoms with Gasteiger partial charge in [0.2, 0.25) is 5.91 Å². The molecule has 1 aromatic carbocycles. The molecule has 18 heavy (non-hydrogen) atoms. The Morgan fingerprint density at radius 1 is 1.17 bits per heavy atom. The summed E-state index contributed by atoms with van der Waals surface area (Å²) in [5, 5.41) is 0. The van der Waals surface area contributed by atoms with Crippen LogP contribution in [-0.2, 0) is 4.79 Å². The van der Waals surface area contributed by atoms with Crippen molar-refractivity contribution in [3.63, 3.8) is 0 Å². The molecule has 0 aliphatic carbocycles. The maximum Gasteiger partial charge on any atom is 0.249 e. The lowest BCUT2D eigenvalue weighted by Gasteiger charge is -2.13. The molecule has 0 saturated carbocycles. The first-order valence-electron chi connectivity index (χ1n) is 6.62. The predicted octanol–water partition coefficient (Wildman–Crippen LogP) is 3.74. The molecule has 0 aromatic heterocycles. The lowest BCUT2D eigenvalue weighted by molar-refractivity contribution is -0.124. The molecule has 0 heterocycles. The molecule has 1 aromatic rings. The number of benzene rings is 1. The maximum absolute atomic E-state index is 12.1. The van der Waals surface area contributed by atoms with E-state index < -0.39 is 0 Å². The van der Waals surface area contributed by atoms with Gasteiger partial charge in [0.05, 0.1) is 0 Å². The second kappa shape index (κ2) is 7.70. The zero-order valence-electron chi connectivity index (χ0n) is 11.6. The van der Waals surface area contributed by atoms with Crippen LogP contribution in [0.5, 0.6) is 0 Å². The molecule has 98 valence electrons. The van der Waals surface area contributed by atoms with Crippen LogP contribution >= 0.6 is 0 Å². The average molecular weight is 245 g/mol. The summed E-state index contributed by atoms with van der Waals surface area (Å²) in [6.07, 6.45) is 6.30. The first-order chi connectivity index (χ1) is 8.65. The van der Waals surface area contributed by atoms with E-state index in [0.717, 1.165) is 24.0 Å². The summed E-state index contributed by atoms with van der Waals surface area (Å²) in [5.74, 6) is 0.120. The van der Waals surface area contributed by atoms with Gasteiger partial charge in [-0.25, -0.2) is 0 Å². The summed E-state index contributed by atoms with van der Waals surface area (Å²) in [6.45, 7) is 2.17. The molecule has 0 bridgehead atoms. The van der Waals surface area contributed by atoms with Gasteiger partial charge in [-0.1, -0.05) is 50.1 Å². The molecule has 0 atom stereocenters. The number of likely N-dealkylation sites (N-methyl/N-ethyl adjacent to an activating group) is 1. The number of carbonyl (C=O) groups is 1. The summed E-state index contributed by atoms with van der Waals surface area (Å²) >= 11 is 0. The lowest BCUT2D eigenvalue weighted by Crippen LogP contribution is -2.23. The van der Waals surface area contributed by atoms with Crippen molar-refractivity contribution in [3.8, 4) is 0 Å². The molecular weight excluding hydrogens is 222 g/mol. The Morgan fingerprint density at radius 3 is 2.39 bits per heavy atom.